The van der Waals surface area contributed by atoms with Crippen molar-refractivity contribution in [2.24, 2.45) is 5.10 Å². The van der Waals surface area contributed by atoms with Gasteiger partial charge in [0.1, 0.15) is 5.76 Å². The number of hydrogen-bond donors (Lipinski definition) is 1. The van der Waals surface area contributed by atoms with Gasteiger partial charge >= 0.3 is 0 Å². The number of nitro groups is 1. The topological polar surface area (TPSA) is 101 Å². The first kappa shape index (κ1) is 18.6. The van der Waals surface area contributed by atoms with Crippen LogP contribution >= 0.6 is 0 Å². The van der Waals surface area contributed by atoms with Crippen LogP contribution < -0.4 is 10.3 Å². The summed E-state index contributed by atoms with van der Waals surface area (Å²) >= 11 is 0. The number of hydrazone groups is 1. The minimum atomic E-state index is -0.501. The molecular formula is C19H22N4O4. The van der Waals surface area contributed by atoms with Gasteiger partial charge in [0.05, 0.1) is 17.6 Å². The Labute approximate surface area is 157 Å². The summed E-state index contributed by atoms with van der Waals surface area (Å²) in [6.45, 7) is 1.97. The molecule has 0 bridgehead atoms. The van der Waals surface area contributed by atoms with E-state index < -0.39 is 10.8 Å². The first-order valence-corrected chi connectivity index (χ1v) is 9.02. The van der Waals surface area contributed by atoms with Gasteiger partial charge in [0.15, 0.2) is 5.88 Å². The minimum absolute atomic E-state index is 0.0789. The van der Waals surface area contributed by atoms with Crippen LogP contribution in [0.2, 0.25) is 0 Å². The van der Waals surface area contributed by atoms with Crippen molar-refractivity contribution < 1.29 is 14.1 Å². The van der Waals surface area contributed by atoms with Gasteiger partial charge in [-0.1, -0.05) is 31.0 Å². The van der Waals surface area contributed by atoms with Crippen LogP contribution in [-0.4, -0.2) is 30.1 Å². The molecule has 0 spiro atoms. The number of para-hydroxylation sites is 1. The second-order valence-corrected chi connectivity index (χ2v) is 6.43. The molecule has 0 atom stereocenters. The maximum Gasteiger partial charge on any atom is 0.273 e. The maximum absolute atomic E-state index is 12.0. The largest absolute Gasteiger partial charge is 0.440 e. The molecule has 0 saturated carbocycles. The lowest BCUT2D eigenvalue weighted by atomic mass is 10.1. The van der Waals surface area contributed by atoms with Crippen molar-refractivity contribution in [3.8, 4) is 0 Å². The van der Waals surface area contributed by atoms with Gasteiger partial charge in [-0.05, 0) is 18.9 Å². The number of benzene rings is 1. The zero-order chi connectivity index (χ0) is 19.1. The molecular weight excluding hydrogens is 348 g/mol. The third kappa shape index (κ3) is 5.16. The van der Waals surface area contributed by atoms with Crippen molar-refractivity contribution in [3.05, 3.63) is 57.8 Å². The summed E-state index contributed by atoms with van der Waals surface area (Å²) in [5.41, 5.74) is 2.64. The van der Waals surface area contributed by atoms with Gasteiger partial charge in [0.25, 0.3) is 5.69 Å². The fraction of sp³-hybridized carbons (Fsp3) is 0.368. The van der Waals surface area contributed by atoms with Crippen LogP contribution in [0.3, 0.4) is 0 Å². The second-order valence-electron chi connectivity index (χ2n) is 6.43. The lowest BCUT2D eigenvalue weighted by molar-refractivity contribution is -0.385. The average Bonchev–Trinajstić information content (AvgIpc) is 2.95. The quantitative estimate of drug-likeness (QED) is 0.478. The number of nitro benzene ring substituents is 1. The fourth-order valence-electron chi connectivity index (χ4n) is 3.09. The summed E-state index contributed by atoms with van der Waals surface area (Å²) in [7, 11) is 0. The lowest BCUT2D eigenvalue weighted by Crippen LogP contribution is -2.23. The smallest absolute Gasteiger partial charge is 0.273 e. The van der Waals surface area contributed by atoms with Gasteiger partial charge in [-0.15, -0.1) is 0 Å². The van der Waals surface area contributed by atoms with Crippen LogP contribution in [0.1, 0.15) is 37.0 Å². The Hall–Kier alpha value is -3.16. The van der Waals surface area contributed by atoms with Gasteiger partial charge in [0, 0.05) is 30.8 Å². The Morgan fingerprint density at radius 2 is 1.93 bits per heavy atom. The van der Waals surface area contributed by atoms with Crippen molar-refractivity contribution in [2.75, 3.05) is 18.0 Å². The highest BCUT2D eigenvalue weighted by atomic mass is 16.6. The van der Waals surface area contributed by atoms with Crippen LogP contribution in [0.4, 0.5) is 11.6 Å². The van der Waals surface area contributed by atoms with Crippen LogP contribution in [0, 0.1) is 10.1 Å². The van der Waals surface area contributed by atoms with E-state index >= 15 is 0 Å². The monoisotopic (exact) mass is 370 g/mol. The van der Waals surface area contributed by atoms with E-state index in [-0.39, 0.29) is 12.1 Å². The molecule has 8 heteroatoms. The molecule has 0 aliphatic carbocycles. The third-order valence-electron chi connectivity index (χ3n) is 4.45. The SMILES string of the molecule is O=C(Cc1ccccc1[N+](=O)[O-])NN=Cc1ccc(N2CCCCCC2)o1. The molecule has 1 aromatic heterocycles. The molecule has 0 unspecified atom stereocenters. The molecule has 1 aliphatic rings. The second kappa shape index (κ2) is 8.98. The van der Waals surface area contributed by atoms with Crippen molar-refractivity contribution in [3.63, 3.8) is 0 Å². The van der Waals surface area contributed by atoms with E-state index in [0.29, 0.717) is 11.3 Å². The first-order chi connectivity index (χ1) is 13.1. The van der Waals surface area contributed by atoms with E-state index in [1.807, 2.05) is 6.07 Å². The molecule has 8 nitrogen and oxygen atoms in total. The number of anilines is 1. The van der Waals surface area contributed by atoms with Crippen LogP contribution in [0.5, 0.6) is 0 Å². The van der Waals surface area contributed by atoms with Crippen LogP contribution in [-0.2, 0) is 11.2 Å². The summed E-state index contributed by atoms with van der Waals surface area (Å²) in [6.07, 6.45) is 6.12. The normalized spacial score (nSPS) is 14.9. The molecule has 0 radical (unpaired) electrons. The van der Waals surface area contributed by atoms with Gasteiger partial charge < -0.3 is 9.32 Å². The molecule has 27 heavy (non-hydrogen) atoms. The van der Waals surface area contributed by atoms with E-state index in [1.54, 1.807) is 24.3 Å². The third-order valence-corrected chi connectivity index (χ3v) is 4.45. The van der Waals surface area contributed by atoms with Crippen molar-refractivity contribution in [1.29, 1.82) is 0 Å². The zero-order valence-corrected chi connectivity index (χ0v) is 15.0. The molecule has 1 saturated heterocycles. The van der Waals surface area contributed by atoms with E-state index in [9.17, 15) is 14.9 Å². The first-order valence-electron chi connectivity index (χ1n) is 9.02. The molecule has 3 rings (SSSR count). The highest BCUT2D eigenvalue weighted by Gasteiger charge is 2.15. The maximum atomic E-state index is 12.0. The summed E-state index contributed by atoms with van der Waals surface area (Å²) in [5.74, 6) is 0.921. The predicted octanol–water partition coefficient (Wildman–Crippen LogP) is 3.26. The van der Waals surface area contributed by atoms with Crippen molar-refractivity contribution in [2.45, 2.75) is 32.1 Å². The van der Waals surface area contributed by atoms with Crippen LogP contribution in [0.25, 0.3) is 0 Å². The van der Waals surface area contributed by atoms with Crippen LogP contribution in [0.15, 0.2) is 45.9 Å². The average molecular weight is 370 g/mol. The minimum Gasteiger partial charge on any atom is -0.440 e. The van der Waals surface area contributed by atoms with Gasteiger partial charge in [-0.3, -0.25) is 14.9 Å². The Kier molecular flexibility index (Phi) is 6.19. The molecule has 2 aromatic rings. The van der Waals surface area contributed by atoms with Gasteiger partial charge in [0.2, 0.25) is 5.91 Å². The molecule has 2 heterocycles. The number of carbonyl (C=O) groups excluding carboxylic acids is 1. The summed E-state index contributed by atoms with van der Waals surface area (Å²) in [4.78, 5) is 24.7. The lowest BCUT2D eigenvalue weighted by Gasteiger charge is -2.18. The van der Waals surface area contributed by atoms with Gasteiger partial charge in [-0.2, -0.15) is 5.10 Å². The highest BCUT2D eigenvalue weighted by Crippen LogP contribution is 2.21. The van der Waals surface area contributed by atoms with E-state index in [4.69, 9.17) is 4.42 Å². The standard InChI is InChI=1S/C19H22N4O4/c24-18(13-15-7-3-4-8-17(15)23(25)26)21-20-14-16-9-10-19(27-16)22-11-5-1-2-6-12-22/h3-4,7-10,14H,1-2,5-6,11-13H2,(H,21,24). The summed E-state index contributed by atoms with van der Waals surface area (Å²) < 4.78 is 5.77. The summed E-state index contributed by atoms with van der Waals surface area (Å²) in [6, 6.07) is 9.86. The molecule has 1 aliphatic heterocycles. The molecule has 1 fully saturated rings. The molecule has 1 N–H and O–H groups in total. The number of carbonyl (C=O) groups is 1. The molecule has 142 valence electrons. The highest BCUT2D eigenvalue weighted by molar-refractivity contribution is 5.82. The number of rotatable bonds is 6. The summed E-state index contributed by atoms with van der Waals surface area (Å²) in [5, 5.41) is 14.9. The van der Waals surface area contributed by atoms with E-state index in [1.165, 1.54) is 25.1 Å². The number of furan rings is 1. The number of nitrogens with one attached hydrogen (secondary N) is 1. The van der Waals surface area contributed by atoms with Gasteiger partial charge in [-0.25, -0.2) is 5.43 Å². The fourth-order valence-corrected chi connectivity index (χ4v) is 3.09. The number of hydrogen-bond acceptors (Lipinski definition) is 6. The Morgan fingerprint density at radius 3 is 2.67 bits per heavy atom. The number of amides is 1. The van der Waals surface area contributed by atoms with E-state index in [2.05, 4.69) is 15.4 Å². The molecule has 1 amide bonds. The van der Waals surface area contributed by atoms with Crippen molar-refractivity contribution >= 4 is 23.7 Å². The Morgan fingerprint density at radius 1 is 1.19 bits per heavy atom. The Balaban J connectivity index is 1.55. The predicted molar refractivity (Wildman–Crippen MR) is 102 cm³/mol. The zero-order valence-electron chi connectivity index (χ0n) is 15.0. The number of nitrogens with zero attached hydrogens (tertiary/aromatic N) is 3. The van der Waals surface area contributed by atoms with E-state index in [0.717, 1.165) is 31.8 Å². The van der Waals surface area contributed by atoms with Crippen molar-refractivity contribution in [1.82, 2.24) is 5.43 Å². The molecule has 1 aromatic carbocycles. The Bertz CT molecular complexity index is 823.